The van der Waals surface area contributed by atoms with Gasteiger partial charge in [-0.15, -0.1) is 0 Å². The van der Waals surface area contributed by atoms with Crippen molar-refractivity contribution in [3.05, 3.63) is 98.0 Å². The first-order chi connectivity index (χ1) is 17.3. The molecule has 1 amide bonds. The fraction of sp³-hybridized carbons (Fsp3) is 0.185. The third kappa shape index (κ3) is 4.47. The molecule has 0 bridgehead atoms. The Morgan fingerprint density at radius 1 is 0.972 bits per heavy atom. The predicted octanol–water partition coefficient (Wildman–Crippen LogP) is 6.39. The van der Waals surface area contributed by atoms with Crippen molar-refractivity contribution in [3.63, 3.8) is 0 Å². The number of non-ortho nitro benzene ring substituents is 1. The highest BCUT2D eigenvalue weighted by atomic mass is 35.5. The normalized spacial score (nSPS) is 13.8. The van der Waals surface area contributed by atoms with E-state index in [1.54, 1.807) is 24.3 Å². The molecule has 5 rings (SSSR count). The van der Waals surface area contributed by atoms with Gasteiger partial charge in [0.25, 0.3) is 11.6 Å². The minimum absolute atomic E-state index is 0.0548. The number of rotatable bonds is 4. The van der Waals surface area contributed by atoms with Crippen LogP contribution >= 0.6 is 23.2 Å². The van der Waals surface area contributed by atoms with E-state index < -0.39 is 4.92 Å². The number of halogens is 2. The zero-order chi connectivity index (χ0) is 25.4. The van der Waals surface area contributed by atoms with E-state index in [0.717, 1.165) is 27.7 Å². The number of para-hydroxylation sites is 1. The van der Waals surface area contributed by atoms with Gasteiger partial charge in [-0.05, 0) is 48.9 Å². The van der Waals surface area contributed by atoms with Crippen molar-refractivity contribution in [3.8, 4) is 11.3 Å². The molecule has 2 heterocycles. The maximum absolute atomic E-state index is 13.9. The summed E-state index contributed by atoms with van der Waals surface area (Å²) in [5.74, 6) is -0.0548. The van der Waals surface area contributed by atoms with Gasteiger partial charge in [-0.1, -0.05) is 41.4 Å². The average molecular weight is 521 g/mol. The number of anilines is 1. The van der Waals surface area contributed by atoms with E-state index in [0.29, 0.717) is 47.5 Å². The van der Waals surface area contributed by atoms with Gasteiger partial charge in [0.15, 0.2) is 0 Å². The number of nitrogens with zero attached hydrogens (tertiary/aromatic N) is 4. The number of piperazine rings is 1. The molecule has 3 aromatic carbocycles. The monoisotopic (exact) mass is 520 g/mol. The summed E-state index contributed by atoms with van der Waals surface area (Å²) in [6.07, 6.45) is 0. The van der Waals surface area contributed by atoms with Crippen LogP contribution in [0.5, 0.6) is 0 Å². The molecule has 36 heavy (non-hydrogen) atoms. The average Bonchev–Trinajstić information content (AvgIpc) is 2.88. The van der Waals surface area contributed by atoms with Crippen LogP contribution in [0.1, 0.15) is 15.9 Å². The number of fused-ring (bicyclic) bond motifs is 1. The standard InChI is InChI=1S/C27H22Cl2N4O3/c1-17-25(22-4-2-3-5-24(22)30-26(17)21-11-6-18(28)16-23(21)29)27(34)32-14-12-31(13-15-32)19-7-9-20(10-8-19)33(35)36/h2-11,16H,12-15H2,1H3. The lowest BCUT2D eigenvalue weighted by atomic mass is 9.96. The van der Waals surface area contributed by atoms with Gasteiger partial charge in [0.2, 0.25) is 0 Å². The molecule has 4 aromatic rings. The van der Waals surface area contributed by atoms with Crippen molar-refractivity contribution in [1.82, 2.24) is 9.88 Å². The van der Waals surface area contributed by atoms with Crippen molar-refractivity contribution in [1.29, 1.82) is 0 Å². The highest BCUT2D eigenvalue weighted by Gasteiger charge is 2.27. The zero-order valence-corrected chi connectivity index (χ0v) is 21.0. The maximum atomic E-state index is 13.9. The van der Waals surface area contributed by atoms with Crippen molar-refractivity contribution in [2.45, 2.75) is 6.92 Å². The number of benzene rings is 3. The number of hydrogen-bond donors (Lipinski definition) is 0. The largest absolute Gasteiger partial charge is 0.368 e. The Morgan fingerprint density at radius 3 is 2.33 bits per heavy atom. The molecule has 0 unspecified atom stereocenters. The van der Waals surface area contributed by atoms with Gasteiger partial charge < -0.3 is 9.80 Å². The van der Waals surface area contributed by atoms with Crippen molar-refractivity contribution < 1.29 is 9.72 Å². The summed E-state index contributed by atoms with van der Waals surface area (Å²) in [6, 6.07) is 19.4. The molecule has 182 valence electrons. The third-order valence-corrected chi connectivity index (χ3v) is 7.08. The topological polar surface area (TPSA) is 79.6 Å². The van der Waals surface area contributed by atoms with Gasteiger partial charge in [-0.2, -0.15) is 0 Å². The van der Waals surface area contributed by atoms with Crippen LogP contribution in [0.15, 0.2) is 66.7 Å². The first-order valence-electron chi connectivity index (χ1n) is 11.5. The van der Waals surface area contributed by atoms with Crippen LogP contribution in [0.25, 0.3) is 22.2 Å². The summed E-state index contributed by atoms with van der Waals surface area (Å²) < 4.78 is 0. The van der Waals surface area contributed by atoms with E-state index >= 15 is 0 Å². The molecule has 1 saturated heterocycles. The van der Waals surface area contributed by atoms with Crippen molar-refractivity contribution in [2.75, 3.05) is 31.1 Å². The second-order valence-electron chi connectivity index (χ2n) is 8.65. The Labute approximate surface area is 218 Å². The van der Waals surface area contributed by atoms with Crippen LogP contribution in [0, 0.1) is 17.0 Å². The lowest BCUT2D eigenvalue weighted by molar-refractivity contribution is -0.384. The number of carbonyl (C=O) groups excluding carboxylic acids is 1. The van der Waals surface area contributed by atoms with E-state index in [9.17, 15) is 14.9 Å². The molecule has 0 spiro atoms. The highest BCUT2D eigenvalue weighted by Crippen LogP contribution is 2.35. The summed E-state index contributed by atoms with van der Waals surface area (Å²) in [4.78, 5) is 33.2. The third-order valence-electron chi connectivity index (χ3n) is 6.53. The molecule has 1 aliphatic rings. The van der Waals surface area contributed by atoms with E-state index in [1.165, 1.54) is 12.1 Å². The second kappa shape index (κ2) is 9.76. The molecule has 0 aliphatic carbocycles. The summed E-state index contributed by atoms with van der Waals surface area (Å²) in [6.45, 7) is 4.22. The van der Waals surface area contributed by atoms with Crippen LogP contribution < -0.4 is 4.90 Å². The first-order valence-corrected chi connectivity index (χ1v) is 12.2. The van der Waals surface area contributed by atoms with Crippen LogP contribution in [-0.4, -0.2) is 46.9 Å². The fourth-order valence-corrected chi connectivity index (χ4v) is 5.14. The number of hydrogen-bond acceptors (Lipinski definition) is 5. The minimum Gasteiger partial charge on any atom is -0.368 e. The Balaban J connectivity index is 1.45. The number of nitro groups is 1. The number of aromatic nitrogens is 1. The predicted molar refractivity (Wildman–Crippen MR) is 143 cm³/mol. The van der Waals surface area contributed by atoms with Crippen molar-refractivity contribution in [2.24, 2.45) is 0 Å². The Hall–Kier alpha value is -3.68. The number of carbonyl (C=O) groups is 1. The highest BCUT2D eigenvalue weighted by molar-refractivity contribution is 6.36. The molecular formula is C27H22Cl2N4O3. The molecule has 7 nitrogen and oxygen atoms in total. The second-order valence-corrected chi connectivity index (χ2v) is 9.50. The first kappa shape index (κ1) is 24.0. The summed E-state index contributed by atoms with van der Waals surface area (Å²) in [7, 11) is 0. The van der Waals surface area contributed by atoms with Gasteiger partial charge in [0.05, 0.1) is 26.7 Å². The summed E-state index contributed by atoms with van der Waals surface area (Å²) in [5, 5.41) is 12.7. The number of amides is 1. The fourth-order valence-electron chi connectivity index (χ4n) is 4.64. The molecule has 0 saturated carbocycles. The van der Waals surface area contributed by atoms with E-state index in [1.807, 2.05) is 42.2 Å². The van der Waals surface area contributed by atoms with E-state index in [4.69, 9.17) is 28.2 Å². The smallest absolute Gasteiger partial charge is 0.269 e. The number of pyridine rings is 1. The molecule has 1 aromatic heterocycles. The zero-order valence-electron chi connectivity index (χ0n) is 19.4. The van der Waals surface area contributed by atoms with Gasteiger partial charge >= 0.3 is 0 Å². The summed E-state index contributed by atoms with van der Waals surface area (Å²) >= 11 is 12.6. The van der Waals surface area contributed by atoms with Crippen LogP contribution in [0.3, 0.4) is 0 Å². The SMILES string of the molecule is Cc1c(-c2ccc(Cl)cc2Cl)nc2ccccc2c1C(=O)N1CCN(c2ccc([N+](=O)[O-])cc2)CC1. The molecule has 1 aliphatic heterocycles. The maximum Gasteiger partial charge on any atom is 0.269 e. The van der Waals surface area contributed by atoms with Gasteiger partial charge in [-0.3, -0.25) is 14.9 Å². The molecule has 0 radical (unpaired) electrons. The molecule has 1 fully saturated rings. The lowest BCUT2D eigenvalue weighted by Gasteiger charge is -2.36. The van der Waals surface area contributed by atoms with E-state index in [2.05, 4.69) is 4.90 Å². The van der Waals surface area contributed by atoms with Crippen LogP contribution in [0.2, 0.25) is 10.0 Å². The minimum atomic E-state index is -0.409. The van der Waals surface area contributed by atoms with Gasteiger partial charge in [0.1, 0.15) is 0 Å². The van der Waals surface area contributed by atoms with Crippen LogP contribution in [-0.2, 0) is 0 Å². The number of nitro benzene ring substituents is 1. The van der Waals surface area contributed by atoms with Gasteiger partial charge in [0, 0.05) is 60.0 Å². The Kier molecular flexibility index (Phi) is 6.51. The van der Waals surface area contributed by atoms with Gasteiger partial charge in [-0.25, -0.2) is 4.98 Å². The van der Waals surface area contributed by atoms with Crippen molar-refractivity contribution >= 4 is 51.4 Å². The van der Waals surface area contributed by atoms with Crippen LogP contribution in [0.4, 0.5) is 11.4 Å². The summed E-state index contributed by atoms with van der Waals surface area (Å²) in [5.41, 5.74) is 4.44. The van der Waals surface area contributed by atoms with E-state index in [-0.39, 0.29) is 11.6 Å². The molecular weight excluding hydrogens is 499 g/mol. The Bertz CT molecular complexity index is 1480. The lowest BCUT2D eigenvalue weighted by Crippen LogP contribution is -2.49. The molecule has 9 heteroatoms. The Morgan fingerprint density at radius 2 is 1.67 bits per heavy atom. The molecule has 0 N–H and O–H groups in total. The quantitative estimate of drug-likeness (QED) is 0.230. The molecule has 0 atom stereocenters.